The van der Waals surface area contributed by atoms with Crippen molar-refractivity contribution in [1.29, 1.82) is 0 Å². The standard InChI is InChI=1S/C17H24O2/c1-6-15(2,3)12-7-9-13(10-8-12)17(14(18)19)11-16(17,4)5/h7-10H,6,11H2,1-5H3,(H,18,19). The van der Waals surface area contributed by atoms with Gasteiger partial charge in [0.25, 0.3) is 0 Å². The van der Waals surface area contributed by atoms with Crippen LogP contribution < -0.4 is 0 Å². The van der Waals surface area contributed by atoms with E-state index in [0.717, 1.165) is 18.4 Å². The zero-order valence-electron chi connectivity index (χ0n) is 12.6. The molecule has 2 heteroatoms. The Labute approximate surface area is 115 Å². The molecule has 0 aliphatic heterocycles. The van der Waals surface area contributed by atoms with Gasteiger partial charge < -0.3 is 5.11 Å². The molecule has 19 heavy (non-hydrogen) atoms. The van der Waals surface area contributed by atoms with Crippen molar-refractivity contribution in [1.82, 2.24) is 0 Å². The van der Waals surface area contributed by atoms with Crippen molar-refractivity contribution in [2.75, 3.05) is 0 Å². The molecular weight excluding hydrogens is 236 g/mol. The number of benzene rings is 1. The molecule has 1 saturated carbocycles. The Morgan fingerprint density at radius 1 is 1.26 bits per heavy atom. The van der Waals surface area contributed by atoms with Gasteiger partial charge in [-0.3, -0.25) is 4.79 Å². The summed E-state index contributed by atoms with van der Waals surface area (Å²) in [5.41, 5.74) is 1.55. The van der Waals surface area contributed by atoms with E-state index < -0.39 is 11.4 Å². The van der Waals surface area contributed by atoms with Crippen LogP contribution in [0.15, 0.2) is 24.3 Å². The molecule has 0 amide bonds. The summed E-state index contributed by atoms with van der Waals surface area (Å²) in [6, 6.07) is 8.21. The number of carboxylic acid groups (broad SMARTS) is 1. The van der Waals surface area contributed by atoms with E-state index in [1.807, 2.05) is 26.0 Å². The van der Waals surface area contributed by atoms with Crippen LogP contribution in [0, 0.1) is 5.41 Å². The molecule has 0 aromatic heterocycles. The Morgan fingerprint density at radius 3 is 2.05 bits per heavy atom. The summed E-state index contributed by atoms with van der Waals surface area (Å²) in [7, 11) is 0. The van der Waals surface area contributed by atoms with Crippen LogP contribution in [-0.4, -0.2) is 11.1 Å². The highest BCUT2D eigenvalue weighted by molar-refractivity contribution is 5.87. The van der Waals surface area contributed by atoms with Crippen LogP contribution in [-0.2, 0) is 15.6 Å². The first-order valence-electron chi connectivity index (χ1n) is 7.02. The predicted octanol–water partition coefficient (Wildman–Crippen LogP) is 4.13. The molecule has 0 spiro atoms. The van der Waals surface area contributed by atoms with Gasteiger partial charge in [0, 0.05) is 0 Å². The third kappa shape index (κ3) is 1.98. The van der Waals surface area contributed by atoms with Crippen LogP contribution in [0.25, 0.3) is 0 Å². The fraction of sp³-hybridized carbons (Fsp3) is 0.588. The molecule has 0 radical (unpaired) electrons. The van der Waals surface area contributed by atoms with E-state index in [2.05, 4.69) is 32.9 Å². The maximum absolute atomic E-state index is 11.6. The molecule has 104 valence electrons. The van der Waals surface area contributed by atoms with Crippen molar-refractivity contribution >= 4 is 5.97 Å². The summed E-state index contributed by atoms with van der Waals surface area (Å²) >= 11 is 0. The zero-order valence-corrected chi connectivity index (χ0v) is 12.6. The third-order valence-corrected chi connectivity index (χ3v) is 5.15. The van der Waals surface area contributed by atoms with E-state index in [1.54, 1.807) is 0 Å². The molecule has 0 heterocycles. The first-order valence-corrected chi connectivity index (χ1v) is 7.02. The highest BCUT2D eigenvalue weighted by Crippen LogP contribution is 2.64. The molecule has 2 nitrogen and oxygen atoms in total. The highest BCUT2D eigenvalue weighted by Gasteiger charge is 2.67. The van der Waals surface area contributed by atoms with E-state index in [9.17, 15) is 9.90 Å². The minimum atomic E-state index is -0.694. The predicted molar refractivity (Wildman–Crippen MR) is 77.5 cm³/mol. The first kappa shape index (κ1) is 14.1. The summed E-state index contributed by atoms with van der Waals surface area (Å²) in [4.78, 5) is 11.6. The van der Waals surface area contributed by atoms with Crippen LogP contribution in [0.3, 0.4) is 0 Å². The fourth-order valence-electron chi connectivity index (χ4n) is 3.01. The van der Waals surface area contributed by atoms with Gasteiger partial charge in [-0.05, 0) is 34.8 Å². The van der Waals surface area contributed by atoms with Gasteiger partial charge in [-0.1, -0.05) is 58.9 Å². The summed E-state index contributed by atoms with van der Waals surface area (Å²) < 4.78 is 0. The lowest BCUT2D eigenvalue weighted by Gasteiger charge is -2.24. The number of hydrogen-bond acceptors (Lipinski definition) is 1. The maximum atomic E-state index is 11.6. The zero-order chi connectivity index (χ0) is 14.5. The van der Waals surface area contributed by atoms with Gasteiger partial charge >= 0.3 is 5.97 Å². The molecule has 1 unspecified atom stereocenters. The average Bonchev–Trinajstić information content (AvgIpc) is 2.94. The number of carboxylic acids is 1. The molecule has 2 rings (SSSR count). The Hall–Kier alpha value is -1.31. The number of rotatable bonds is 4. The fourth-order valence-corrected chi connectivity index (χ4v) is 3.01. The number of carbonyl (C=O) groups is 1. The third-order valence-electron chi connectivity index (χ3n) is 5.15. The topological polar surface area (TPSA) is 37.3 Å². The quantitative estimate of drug-likeness (QED) is 0.884. The van der Waals surface area contributed by atoms with Crippen molar-refractivity contribution in [3.05, 3.63) is 35.4 Å². The van der Waals surface area contributed by atoms with Crippen molar-refractivity contribution < 1.29 is 9.90 Å². The summed E-state index contributed by atoms with van der Waals surface area (Å²) in [6.07, 6.45) is 1.80. The molecule has 1 aliphatic rings. The highest BCUT2D eigenvalue weighted by atomic mass is 16.4. The largest absolute Gasteiger partial charge is 0.481 e. The van der Waals surface area contributed by atoms with Gasteiger partial charge in [0.05, 0.1) is 5.41 Å². The van der Waals surface area contributed by atoms with Gasteiger partial charge in [-0.25, -0.2) is 0 Å². The van der Waals surface area contributed by atoms with Crippen LogP contribution in [0.5, 0.6) is 0 Å². The van der Waals surface area contributed by atoms with Crippen molar-refractivity contribution in [2.24, 2.45) is 5.41 Å². The van der Waals surface area contributed by atoms with E-state index >= 15 is 0 Å². The average molecular weight is 260 g/mol. The van der Waals surface area contributed by atoms with E-state index in [1.165, 1.54) is 5.56 Å². The molecule has 1 fully saturated rings. The van der Waals surface area contributed by atoms with Crippen LogP contribution >= 0.6 is 0 Å². The van der Waals surface area contributed by atoms with E-state index in [0.29, 0.717) is 0 Å². The molecule has 0 saturated heterocycles. The lowest BCUT2D eigenvalue weighted by atomic mass is 9.80. The van der Waals surface area contributed by atoms with Gasteiger partial charge in [-0.2, -0.15) is 0 Å². The second-order valence-corrected chi connectivity index (χ2v) is 7.09. The minimum absolute atomic E-state index is 0.138. The Bertz CT molecular complexity index is 496. The van der Waals surface area contributed by atoms with E-state index in [-0.39, 0.29) is 10.8 Å². The van der Waals surface area contributed by atoms with Crippen molar-refractivity contribution in [2.45, 2.75) is 58.3 Å². The Kier molecular flexibility index (Phi) is 3.04. The molecule has 1 aromatic carbocycles. The molecule has 0 bridgehead atoms. The maximum Gasteiger partial charge on any atom is 0.314 e. The SMILES string of the molecule is CCC(C)(C)c1ccc(C2(C(=O)O)CC2(C)C)cc1. The summed E-state index contributed by atoms with van der Waals surface area (Å²) in [5.74, 6) is -0.694. The first-order chi connectivity index (χ1) is 8.67. The summed E-state index contributed by atoms with van der Waals surface area (Å²) in [6.45, 7) is 10.7. The number of aliphatic carboxylic acids is 1. The molecule has 1 aromatic rings. The van der Waals surface area contributed by atoms with Crippen LogP contribution in [0.2, 0.25) is 0 Å². The minimum Gasteiger partial charge on any atom is -0.481 e. The van der Waals surface area contributed by atoms with E-state index in [4.69, 9.17) is 0 Å². The number of hydrogen-bond donors (Lipinski definition) is 1. The normalized spacial score (nSPS) is 25.1. The second-order valence-electron chi connectivity index (χ2n) is 7.09. The van der Waals surface area contributed by atoms with Gasteiger partial charge in [-0.15, -0.1) is 0 Å². The lowest BCUT2D eigenvalue weighted by Crippen LogP contribution is -2.25. The second kappa shape index (κ2) is 4.09. The molecular formula is C17H24O2. The smallest absolute Gasteiger partial charge is 0.314 e. The van der Waals surface area contributed by atoms with Gasteiger partial charge in [0.15, 0.2) is 0 Å². The monoisotopic (exact) mass is 260 g/mol. The van der Waals surface area contributed by atoms with Crippen molar-refractivity contribution in [3.8, 4) is 0 Å². The Morgan fingerprint density at radius 2 is 1.74 bits per heavy atom. The summed E-state index contributed by atoms with van der Waals surface area (Å²) in [5, 5.41) is 9.57. The van der Waals surface area contributed by atoms with Gasteiger partial charge in [0.1, 0.15) is 0 Å². The van der Waals surface area contributed by atoms with Crippen LogP contribution in [0.4, 0.5) is 0 Å². The molecule has 1 aliphatic carbocycles. The molecule has 1 N–H and O–H groups in total. The van der Waals surface area contributed by atoms with Crippen molar-refractivity contribution in [3.63, 3.8) is 0 Å². The lowest BCUT2D eigenvalue weighted by molar-refractivity contribution is -0.141. The Balaban J connectivity index is 2.37. The molecule has 1 atom stereocenters. The van der Waals surface area contributed by atoms with Crippen LogP contribution in [0.1, 0.15) is 58.6 Å². The van der Waals surface area contributed by atoms with Gasteiger partial charge in [0.2, 0.25) is 0 Å².